The number of nitrogens with zero attached hydrogens (tertiary/aromatic N) is 4. The summed E-state index contributed by atoms with van der Waals surface area (Å²) in [6, 6.07) is 3.27. The van der Waals surface area contributed by atoms with Crippen LogP contribution in [0, 0.1) is 0 Å². The molecule has 3 N–H and O–H groups in total. The maximum absolute atomic E-state index is 12.3. The molecule has 0 aliphatic heterocycles. The van der Waals surface area contributed by atoms with E-state index in [1.807, 2.05) is 14.1 Å². The Morgan fingerprint density at radius 2 is 1.62 bits per heavy atom. The molecule has 0 unspecified atom stereocenters. The van der Waals surface area contributed by atoms with Crippen molar-refractivity contribution in [2.24, 2.45) is 0 Å². The van der Waals surface area contributed by atoms with Crippen molar-refractivity contribution >= 4 is 46.7 Å². The zero-order chi connectivity index (χ0) is 22.7. The molecule has 4 rings (SSSR count). The molecule has 0 atom stereocenters. The lowest BCUT2D eigenvalue weighted by atomic mass is 9.91. The molecule has 0 saturated heterocycles. The van der Waals surface area contributed by atoms with Crippen LogP contribution in [0.25, 0.3) is 0 Å². The largest absolute Gasteiger partial charge is 0.362 e. The van der Waals surface area contributed by atoms with Crippen LogP contribution in [0.5, 0.6) is 0 Å². The fraction of sp³-hybridized carbons (Fsp3) is 0.545. The first kappa shape index (κ1) is 22.9. The number of pyridine rings is 1. The van der Waals surface area contributed by atoms with Gasteiger partial charge in [-0.2, -0.15) is 4.98 Å². The lowest BCUT2D eigenvalue weighted by Gasteiger charge is -2.30. The number of hydrogen-bond donors (Lipinski definition) is 3. The Balaban J connectivity index is 1.30. The zero-order valence-electron chi connectivity index (χ0n) is 18.4. The second-order valence-electron chi connectivity index (χ2n) is 8.69. The number of amides is 2. The van der Waals surface area contributed by atoms with Gasteiger partial charge in [0, 0.05) is 37.4 Å². The van der Waals surface area contributed by atoms with Crippen molar-refractivity contribution < 1.29 is 4.79 Å². The quantitative estimate of drug-likeness (QED) is 0.541. The van der Waals surface area contributed by atoms with Gasteiger partial charge in [-0.15, -0.1) is 0 Å². The van der Waals surface area contributed by atoms with Gasteiger partial charge in [0.25, 0.3) is 0 Å². The minimum atomic E-state index is -0.270. The molecular formula is C22H29Cl2N7O. The number of nitrogens with one attached hydrogen (secondary N) is 3. The van der Waals surface area contributed by atoms with Crippen LogP contribution in [0.2, 0.25) is 10.3 Å². The molecule has 2 heterocycles. The molecule has 0 aromatic carbocycles. The molecule has 2 aliphatic rings. The topological polar surface area (TPSA) is 95.1 Å². The number of hydrogen-bond acceptors (Lipinski definition) is 6. The lowest BCUT2D eigenvalue weighted by molar-refractivity contribution is 0.243. The Morgan fingerprint density at radius 3 is 2.31 bits per heavy atom. The number of anilines is 3. The smallest absolute Gasteiger partial charge is 0.319 e. The van der Waals surface area contributed by atoms with E-state index in [-0.39, 0.29) is 22.4 Å². The molecule has 8 nitrogen and oxygen atoms in total. The molecule has 10 heteroatoms. The van der Waals surface area contributed by atoms with Gasteiger partial charge in [0.2, 0.25) is 5.95 Å². The van der Waals surface area contributed by atoms with Gasteiger partial charge in [0.05, 0.1) is 5.69 Å². The first-order chi connectivity index (χ1) is 15.4. The van der Waals surface area contributed by atoms with E-state index >= 15 is 0 Å². The van der Waals surface area contributed by atoms with Crippen molar-refractivity contribution in [1.29, 1.82) is 0 Å². The van der Waals surface area contributed by atoms with Gasteiger partial charge in [0.15, 0.2) is 0 Å². The highest BCUT2D eigenvalue weighted by Gasteiger charge is 2.25. The molecule has 2 aromatic heterocycles. The number of aromatic nitrogens is 3. The molecule has 2 aromatic rings. The minimum Gasteiger partial charge on any atom is -0.362 e. The third kappa shape index (κ3) is 5.72. The summed E-state index contributed by atoms with van der Waals surface area (Å²) in [6.45, 7) is 0. The third-order valence-corrected chi connectivity index (χ3v) is 6.39. The molecule has 1 saturated carbocycles. The molecule has 0 spiro atoms. The molecule has 0 bridgehead atoms. The van der Waals surface area contributed by atoms with Crippen molar-refractivity contribution in [3.8, 4) is 0 Å². The second kappa shape index (κ2) is 10.1. The van der Waals surface area contributed by atoms with Crippen LogP contribution in [0.3, 0.4) is 0 Å². The molecule has 0 radical (unpaired) electrons. The summed E-state index contributed by atoms with van der Waals surface area (Å²) in [5.41, 5.74) is 2.99. The van der Waals surface area contributed by atoms with E-state index in [0.29, 0.717) is 11.7 Å². The summed E-state index contributed by atoms with van der Waals surface area (Å²) >= 11 is 11.8. The van der Waals surface area contributed by atoms with Crippen molar-refractivity contribution in [3.63, 3.8) is 0 Å². The first-order valence-electron chi connectivity index (χ1n) is 11.1. The van der Waals surface area contributed by atoms with Crippen molar-refractivity contribution in [3.05, 3.63) is 33.7 Å². The highest BCUT2D eigenvalue weighted by atomic mass is 35.5. The summed E-state index contributed by atoms with van der Waals surface area (Å²) in [5.74, 6) is 1.75. The van der Waals surface area contributed by atoms with Crippen molar-refractivity contribution in [2.75, 3.05) is 29.6 Å². The Hall–Kier alpha value is -2.32. The Kier molecular flexibility index (Phi) is 7.20. The van der Waals surface area contributed by atoms with E-state index in [9.17, 15) is 4.79 Å². The molecular weight excluding hydrogens is 449 g/mol. The van der Waals surface area contributed by atoms with E-state index < -0.39 is 0 Å². The van der Waals surface area contributed by atoms with Crippen molar-refractivity contribution in [2.45, 2.75) is 63.5 Å². The van der Waals surface area contributed by atoms with E-state index in [2.05, 4.69) is 25.8 Å². The van der Waals surface area contributed by atoms with Gasteiger partial charge in [-0.25, -0.2) is 14.8 Å². The minimum absolute atomic E-state index is 0.114. The standard InChI is InChI=1S/C22H29Cl2N7O/c1-31(2)20-16-5-3-4-6-17(16)28-21(30-20)25-13-7-9-14(10-8-13)26-22(32)27-15-11-18(23)29-19(24)12-15/h11-14H,3-10H2,1-2H3,(H,25,28,30)(H2,26,27,29,32). The van der Waals surface area contributed by atoms with Crippen LogP contribution in [-0.4, -0.2) is 47.2 Å². The number of carbonyl (C=O) groups is 1. The maximum atomic E-state index is 12.3. The van der Waals surface area contributed by atoms with Gasteiger partial charge in [-0.05, 0) is 63.5 Å². The van der Waals surface area contributed by atoms with Crippen LogP contribution >= 0.6 is 23.2 Å². The maximum Gasteiger partial charge on any atom is 0.319 e. The summed E-state index contributed by atoms with van der Waals surface area (Å²) in [7, 11) is 4.08. The predicted molar refractivity (Wildman–Crippen MR) is 129 cm³/mol. The first-order valence-corrected chi connectivity index (χ1v) is 11.9. The summed E-state index contributed by atoms with van der Waals surface area (Å²) in [5, 5.41) is 9.82. The van der Waals surface area contributed by atoms with Gasteiger partial charge in [-0.3, -0.25) is 0 Å². The van der Waals surface area contributed by atoms with E-state index in [1.165, 1.54) is 24.1 Å². The summed E-state index contributed by atoms with van der Waals surface area (Å²) in [6.07, 6.45) is 8.11. The summed E-state index contributed by atoms with van der Waals surface area (Å²) < 4.78 is 0. The predicted octanol–water partition coefficient (Wildman–Crippen LogP) is 4.67. The SMILES string of the molecule is CN(C)c1nc(NC2CCC(NC(=O)Nc3cc(Cl)nc(Cl)c3)CC2)nc2c1CCCC2. The van der Waals surface area contributed by atoms with Gasteiger partial charge >= 0.3 is 6.03 Å². The van der Waals surface area contributed by atoms with Gasteiger partial charge in [-0.1, -0.05) is 23.2 Å². The number of aryl methyl sites for hydroxylation is 1. The van der Waals surface area contributed by atoms with Crippen LogP contribution < -0.4 is 20.9 Å². The van der Waals surface area contributed by atoms with Crippen LogP contribution in [-0.2, 0) is 12.8 Å². The van der Waals surface area contributed by atoms with Crippen LogP contribution in [0.4, 0.5) is 22.2 Å². The number of halogens is 2. The fourth-order valence-electron chi connectivity index (χ4n) is 4.46. The van der Waals surface area contributed by atoms with Gasteiger partial charge in [0.1, 0.15) is 16.1 Å². The van der Waals surface area contributed by atoms with E-state index in [1.54, 1.807) is 12.1 Å². The Bertz CT molecular complexity index is 957. The zero-order valence-corrected chi connectivity index (χ0v) is 19.9. The number of rotatable bonds is 5. The number of carbonyl (C=O) groups excluding carboxylic acids is 1. The normalized spacial score (nSPS) is 20.2. The van der Waals surface area contributed by atoms with Crippen LogP contribution in [0.1, 0.15) is 49.8 Å². The lowest BCUT2D eigenvalue weighted by Crippen LogP contribution is -2.42. The third-order valence-electron chi connectivity index (χ3n) is 6.00. The molecule has 1 fully saturated rings. The molecule has 2 aliphatic carbocycles. The Labute approximate surface area is 198 Å². The van der Waals surface area contributed by atoms with E-state index in [0.717, 1.165) is 50.3 Å². The average molecular weight is 478 g/mol. The monoisotopic (exact) mass is 477 g/mol. The molecule has 172 valence electrons. The van der Waals surface area contributed by atoms with Gasteiger partial charge < -0.3 is 20.9 Å². The highest BCUT2D eigenvalue weighted by molar-refractivity contribution is 6.32. The van der Waals surface area contributed by atoms with Crippen LogP contribution in [0.15, 0.2) is 12.1 Å². The molecule has 32 heavy (non-hydrogen) atoms. The second-order valence-corrected chi connectivity index (χ2v) is 9.46. The number of fused-ring (bicyclic) bond motifs is 1. The average Bonchev–Trinajstić information content (AvgIpc) is 2.73. The fourth-order valence-corrected chi connectivity index (χ4v) is 4.92. The highest BCUT2D eigenvalue weighted by Crippen LogP contribution is 2.29. The van der Waals surface area contributed by atoms with Crippen molar-refractivity contribution in [1.82, 2.24) is 20.3 Å². The summed E-state index contributed by atoms with van der Waals surface area (Å²) in [4.78, 5) is 27.9. The van der Waals surface area contributed by atoms with E-state index in [4.69, 9.17) is 33.2 Å². The number of urea groups is 1. The Morgan fingerprint density at radius 1 is 0.969 bits per heavy atom. The molecule has 2 amide bonds.